The molecule has 0 radical (unpaired) electrons. The molecule has 1 aliphatic carbocycles. The highest BCUT2D eigenvalue weighted by Crippen LogP contribution is 2.75. The Morgan fingerprint density at radius 1 is 1.29 bits per heavy atom. The summed E-state index contributed by atoms with van der Waals surface area (Å²) in [5.41, 5.74) is -2.61. The van der Waals surface area contributed by atoms with Crippen molar-refractivity contribution >= 4 is 22.7 Å². The van der Waals surface area contributed by atoms with Gasteiger partial charge in [-0.25, -0.2) is 4.79 Å². The molecule has 1 aromatic carbocycles. The Balaban J connectivity index is 1.76. The summed E-state index contributed by atoms with van der Waals surface area (Å²) < 4.78 is 42.8. The summed E-state index contributed by atoms with van der Waals surface area (Å²) in [6.45, 7) is 4.70. The predicted molar refractivity (Wildman–Crippen MR) is 109 cm³/mol. The molecule has 2 atom stereocenters. The minimum atomic E-state index is -4.45. The van der Waals surface area contributed by atoms with E-state index < -0.39 is 28.6 Å². The molecule has 164 valence electrons. The number of hydrogen-bond acceptors (Lipinski definition) is 4. The van der Waals surface area contributed by atoms with Crippen LogP contribution in [0, 0.1) is 22.2 Å². The maximum atomic E-state index is 14.3. The average Bonchev–Trinajstić information content (AvgIpc) is 3.20. The number of nitriles is 1. The summed E-state index contributed by atoms with van der Waals surface area (Å²) in [6, 6.07) is 8.72. The number of alkyl halides is 3. The van der Waals surface area contributed by atoms with Gasteiger partial charge < -0.3 is 14.9 Å². The van der Waals surface area contributed by atoms with E-state index in [-0.39, 0.29) is 26.1 Å². The minimum absolute atomic E-state index is 0.0856. The van der Waals surface area contributed by atoms with Crippen LogP contribution in [0.25, 0.3) is 10.9 Å². The van der Waals surface area contributed by atoms with E-state index >= 15 is 0 Å². The molecule has 1 amide bonds. The molecule has 2 aliphatic rings. The summed E-state index contributed by atoms with van der Waals surface area (Å²) in [7, 11) is 0. The van der Waals surface area contributed by atoms with Crippen LogP contribution >= 0.6 is 0 Å². The Labute approximate surface area is 177 Å². The lowest BCUT2D eigenvalue weighted by Gasteiger charge is -2.36. The maximum Gasteiger partial charge on any atom is 0.407 e. The second-order valence-electron chi connectivity index (χ2n) is 9.58. The van der Waals surface area contributed by atoms with Gasteiger partial charge in [0.05, 0.1) is 16.5 Å². The van der Waals surface area contributed by atoms with Crippen LogP contribution in [0.5, 0.6) is 0 Å². The SMILES string of the molecule is CC(C)(C)N(CC12CN(c3ccc(C#N)c4ncccc34)CC1(C(F)(F)F)C2)C(=O)O. The van der Waals surface area contributed by atoms with Crippen LogP contribution in [0.15, 0.2) is 30.5 Å². The van der Waals surface area contributed by atoms with Gasteiger partial charge in [-0.2, -0.15) is 18.4 Å². The van der Waals surface area contributed by atoms with Gasteiger partial charge in [0.15, 0.2) is 0 Å². The van der Waals surface area contributed by atoms with Crippen LogP contribution in [0.1, 0.15) is 32.8 Å². The molecule has 2 heterocycles. The van der Waals surface area contributed by atoms with Gasteiger partial charge in [0.25, 0.3) is 0 Å². The van der Waals surface area contributed by atoms with E-state index in [4.69, 9.17) is 0 Å². The lowest BCUT2D eigenvalue weighted by atomic mass is 9.93. The Kier molecular flexibility index (Phi) is 4.44. The van der Waals surface area contributed by atoms with Crippen LogP contribution in [-0.4, -0.2) is 52.4 Å². The molecular weight excluding hydrogens is 409 g/mol. The first-order valence-corrected chi connectivity index (χ1v) is 9.95. The average molecular weight is 432 g/mol. The summed E-state index contributed by atoms with van der Waals surface area (Å²) in [6.07, 6.45) is -4.23. The van der Waals surface area contributed by atoms with Crippen molar-refractivity contribution < 1.29 is 23.1 Å². The number of anilines is 1. The molecule has 0 spiro atoms. The van der Waals surface area contributed by atoms with Crippen molar-refractivity contribution in [1.82, 2.24) is 9.88 Å². The molecule has 1 saturated heterocycles. The van der Waals surface area contributed by atoms with Gasteiger partial charge in [-0.3, -0.25) is 4.98 Å². The molecule has 1 aromatic heterocycles. The van der Waals surface area contributed by atoms with Crippen molar-refractivity contribution in [3.8, 4) is 6.07 Å². The highest BCUT2D eigenvalue weighted by Gasteiger charge is 2.83. The van der Waals surface area contributed by atoms with E-state index in [1.807, 2.05) is 0 Å². The van der Waals surface area contributed by atoms with Crippen molar-refractivity contribution in [2.75, 3.05) is 24.5 Å². The smallest absolute Gasteiger partial charge is 0.407 e. The number of carbonyl (C=O) groups is 1. The molecule has 4 rings (SSSR count). The topological polar surface area (TPSA) is 80.5 Å². The number of benzene rings is 1. The number of fused-ring (bicyclic) bond motifs is 2. The molecule has 1 aliphatic heterocycles. The van der Waals surface area contributed by atoms with Crippen LogP contribution in [0.3, 0.4) is 0 Å². The summed E-state index contributed by atoms with van der Waals surface area (Å²) in [4.78, 5) is 18.9. The van der Waals surface area contributed by atoms with Crippen LogP contribution in [0.2, 0.25) is 0 Å². The zero-order chi connectivity index (χ0) is 22.8. The van der Waals surface area contributed by atoms with Gasteiger partial charge in [-0.05, 0) is 51.5 Å². The minimum Gasteiger partial charge on any atom is -0.465 e. The Morgan fingerprint density at radius 2 is 2.00 bits per heavy atom. The first-order valence-electron chi connectivity index (χ1n) is 9.95. The Bertz CT molecular complexity index is 1100. The van der Waals surface area contributed by atoms with Crippen molar-refractivity contribution in [3.05, 3.63) is 36.0 Å². The second kappa shape index (κ2) is 6.49. The number of hydrogen-bond donors (Lipinski definition) is 1. The van der Waals surface area contributed by atoms with Crippen molar-refractivity contribution in [2.45, 2.75) is 38.9 Å². The lowest BCUT2D eigenvalue weighted by Crippen LogP contribution is -2.49. The first-order chi connectivity index (χ1) is 14.4. The zero-order valence-electron chi connectivity index (χ0n) is 17.5. The van der Waals surface area contributed by atoms with Crippen LogP contribution < -0.4 is 4.90 Å². The highest BCUT2D eigenvalue weighted by molar-refractivity contribution is 5.95. The normalized spacial score (nSPS) is 25.3. The predicted octanol–water partition coefficient (Wildman–Crippen LogP) is 4.64. The lowest BCUT2D eigenvalue weighted by molar-refractivity contribution is -0.191. The largest absolute Gasteiger partial charge is 0.465 e. The van der Waals surface area contributed by atoms with E-state index in [0.29, 0.717) is 22.2 Å². The number of halogens is 3. The Hall–Kier alpha value is -3.02. The fourth-order valence-electron chi connectivity index (χ4n) is 5.05. The third kappa shape index (κ3) is 3.08. The molecule has 1 N–H and O–H groups in total. The fraction of sp³-hybridized carbons (Fsp3) is 0.500. The number of aromatic nitrogens is 1. The monoisotopic (exact) mass is 432 g/mol. The van der Waals surface area contributed by atoms with Crippen LogP contribution in [-0.2, 0) is 0 Å². The molecule has 6 nitrogen and oxygen atoms in total. The van der Waals surface area contributed by atoms with Crippen molar-refractivity contribution in [1.29, 1.82) is 5.26 Å². The van der Waals surface area contributed by atoms with Gasteiger partial charge in [0.1, 0.15) is 6.07 Å². The maximum absolute atomic E-state index is 14.3. The fourth-order valence-corrected chi connectivity index (χ4v) is 5.05. The summed E-state index contributed by atoms with van der Waals surface area (Å²) >= 11 is 0. The van der Waals surface area contributed by atoms with E-state index in [1.54, 1.807) is 56.1 Å². The third-order valence-electron chi connectivity index (χ3n) is 6.74. The molecule has 9 heteroatoms. The highest BCUT2D eigenvalue weighted by atomic mass is 19.4. The summed E-state index contributed by atoms with van der Waals surface area (Å²) in [5.74, 6) is 0. The van der Waals surface area contributed by atoms with Gasteiger partial charge in [0.2, 0.25) is 0 Å². The number of pyridine rings is 1. The summed E-state index contributed by atoms with van der Waals surface area (Å²) in [5, 5.41) is 19.6. The van der Waals surface area contributed by atoms with Gasteiger partial charge in [-0.1, -0.05) is 0 Å². The van der Waals surface area contributed by atoms with Crippen molar-refractivity contribution in [3.63, 3.8) is 0 Å². The number of nitrogens with zero attached hydrogens (tertiary/aromatic N) is 4. The Morgan fingerprint density at radius 3 is 2.58 bits per heavy atom. The van der Waals surface area contributed by atoms with E-state index in [1.165, 1.54) is 0 Å². The molecule has 2 aromatic rings. The number of carboxylic acid groups (broad SMARTS) is 1. The second-order valence-corrected chi connectivity index (χ2v) is 9.58. The number of piperidine rings is 1. The first kappa shape index (κ1) is 21.2. The number of rotatable bonds is 3. The quantitative estimate of drug-likeness (QED) is 0.764. The molecule has 2 unspecified atom stereocenters. The van der Waals surface area contributed by atoms with Gasteiger partial charge >= 0.3 is 12.3 Å². The van der Waals surface area contributed by atoms with E-state index in [9.17, 15) is 28.3 Å². The van der Waals surface area contributed by atoms with Gasteiger partial charge in [-0.15, -0.1) is 0 Å². The molecule has 0 bridgehead atoms. The van der Waals surface area contributed by atoms with E-state index in [2.05, 4.69) is 11.1 Å². The molecule has 31 heavy (non-hydrogen) atoms. The zero-order valence-corrected chi connectivity index (χ0v) is 17.5. The van der Waals surface area contributed by atoms with Crippen molar-refractivity contribution in [2.24, 2.45) is 10.8 Å². The molecular formula is C22H23F3N4O2. The van der Waals surface area contributed by atoms with Crippen LogP contribution in [0.4, 0.5) is 23.7 Å². The molecule has 1 saturated carbocycles. The van der Waals surface area contributed by atoms with E-state index in [0.717, 1.165) is 4.90 Å². The number of amides is 1. The molecule has 2 fully saturated rings. The standard InChI is InChI=1S/C22H23F3N4O2/c1-19(2,3)29(18(30)31)12-20-10-21(20,22(23,24)25)13-28(11-20)16-7-6-14(9-26)17-15(16)5-4-8-27-17/h4-8H,10-13H2,1-3H3,(H,30,31). The van der Waals surface area contributed by atoms with Gasteiger partial charge in [0, 0.05) is 47.9 Å². The third-order valence-corrected chi connectivity index (χ3v) is 6.74.